The van der Waals surface area contributed by atoms with Crippen molar-refractivity contribution in [1.82, 2.24) is 5.32 Å². The lowest BCUT2D eigenvalue weighted by Crippen LogP contribution is -2.38. The Bertz CT molecular complexity index is 673. The van der Waals surface area contributed by atoms with Gasteiger partial charge in [-0.25, -0.2) is 4.39 Å². The third kappa shape index (κ3) is 5.37. The molecule has 0 unspecified atom stereocenters. The molecule has 0 saturated carbocycles. The van der Waals surface area contributed by atoms with E-state index in [9.17, 15) is 9.18 Å². The van der Waals surface area contributed by atoms with Crippen LogP contribution in [0.3, 0.4) is 0 Å². The van der Waals surface area contributed by atoms with Gasteiger partial charge in [0, 0.05) is 24.5 Å². The molecule has 26 heavy (non-hydrogen) atoms. The van der Waals surface area contributed by atoms with Crippen molar-refractivity contribution < 1.29 is 13.9 Å². The molecule has 1 fully saturated rings. The Hall–Kier alpha value is -2.25. The van der Waals surface area contributed by atoms with E-state index in [0.29, 0.717) is 18.5 Å². The number of unbranched alkanes of at least 4 members (excludes halogenated alkanes) is 1. The number of hydrogen-bond acceptors (Lipinski definition) is 5. The second-order valence-electron chi connectivity index (χ2n) is 6.49. The lowest BCUT2D eigenvalue weighted by atomic mass is 10.1. The molecule has 0 spiro atoms. The van der Waals surface area contributed by atoms with Gasteiger partial charge in [0.15, 0.2) is 11.5 Å². The Kier molecular flexibility index (Phi) is 7.29. The minimum Gasteiger partial charge on any atom is -0.400 e. The monoisotopic (exact) mass is 362 g/mol. The lowest BCUT2D eigenvalue weighted by molar-refractivity contribution is -0.110. The summed E-state index contributed by atoms with van der Waals surface area (Å²) in [6.45, 7) is 5.52. The molecule has 1 amide bonds. The van der Waals surface area contributed by atoms with Gasteiger partial charge in [0.1, 0.15) is 0 Å². The van der Waals surface area contributed by atoms with Crippen molar-refractivity contribution in [3.05, 3.63) is 41.4 Å². The van der Waals surface area contributed by atoms with Gasteiger partial charge in [-0.05, 0) is 37.5 Å². The summed E-state index contributed by atoms with van der Waals surface area (Å²) in [6.07, 6.45) is 2.01. The number of carbonyl (C=O) groups excluding carboxylic acids is 1. The average Bonchev–Trinajstić information content (AvgIpc) is 2.65. The van der Waals surface area contributed by atoms with E-state index in [1.807, 2.05) is 26.0 Å². The van der Waals surface area contributed by atoms with Crippen LogP contribution in [-0.2, 0) is 9.53 Å². The number of rotatable bonds is 7. The summed E-state index contributed by atoms with van der Waals surface area (Å²) in [5.41, 5.74) is 6.28. The highest BCUT2D eigenvalue weighted by atomic mass is 19.1. The smallest absolute Gasteiger partial charge is 0.276 e. The first-order valence-electron chi connectivity index (χ1n) is 8.92. The summed E-state index contributed by atoms with van der Waals surface area (Å²) < 4.78 is 19.9. The fraction of sp³-hybridized carbons (Fsp3) is 0.474. The zero-order chi connectivity index (χ0) is 19.1. The van der Waals surface area contributed by atoms with E-state index >= 15 is 0 Å². The number of ether oxygens (including phenoxy) is 1. The maximum atomic E-state index is 14.1. The second kappa shape index (κ2) is 9.45. The number of morpholine rings is 1. The molecule has 0 bridgehead atoms. The van der Waals surface area contributed by atoms with E-state index in [1.54, 1.807) is 12.1 Å². The van der Waals surface area contributed by atoms with Crippen LogP contribution in [0.15, 0.2) is 35.8 Å². The van der Waals surface area contributed by atoms with Gasteiger partial charge in [0.05, 0.1) is 12.2 Å². The first-order valence-corrected chi connectivity index (χ1v) is 8.92. The molecule has 1 aromatic carbocycles. The first kappa shape index (κ1) is 20.1. The molecule has 1 aliphatic rings. The molecule has 142 valence electrons. The van der Waals surface area contributed by atoms with E-state index in [2.05, 4.69) is 10.6 Å². The van der Waals surface area contributed by atoms with Gasteiger partial charge < -0.3 is 21.1 Å². The average molecular weight is 362 g/mol. The van der Waals surface area contributed by atoms with Crippen molar-refractivity contribution in [2.24, 2.45) is 5.73 Å². The number of anilines is 1. The Balaban J connectivity index is 1.97. The van der Waals surface area contributed by atoms with E-state index < -0.39 is 17.4 Å². The van der Waals surface area contributed by atoms with Crippen LogP contribution in [0.2, 0.25) is 0 Å². The molecule has 1 heterocycles. The Morgan fingerprint density at radius 1 is 1.38 bits per heavy atom. The van der Waals surface area contributed by atoms with Gasteiger partial charge in [-0.15, -0.1) is 0 Å². The maximum Gasteiger partial charge on any atom is 0.276 e. The van der Waals surface area contributed by atoms with Gasteiger partial charge in [-0.1, -0.05) is 25.5 Å². The summed E-state index contributed by atoms with van der Waals surface area (Å²) in [5.74, 6) is -1.78. The van der Waals surface area contributed by atoms with Crippen LogP contribution in [0.25, 0.3) is 0 Å². The number of nitrogens with one attached hydrogen (secondary N) is 3. The highest BCUT2D eigenvalue weighted by molar-refractivity contribution is 6.47. The van der Waals surface area contributed by atoms with Crippen molar-refractivity contribution in [3.63, 3.8) is 0 Å². The Morgan fingerprint density at radius 3 is 2.69 bits per heavy atom. The minimum atomic E-state index is -0.955. The molecule has 7 heteroatoms. The predicted octanol–water partition coefficient (Wildman–Crippen LogP) is 3.02. The number of carbonyl (C=O) groups is 1. The van der Waals surface area contributed by atoms with E-state index in [0.717, 1.165) is 25.1 Å². The molecule has 0 aromatic heterocycles. The van der Waals surface area contributed by atoms with Crippen molar-refractivity contribution in [1.29, 1.82) is 5.41 Å². The van der Waals surface area contributed by atoms with E-state index in [-0.39, 0.29) is 17.9 Å². The number of benzene rings is 1. The minimum absolute atomic E-state index is 0.0412. The van der Waals surface area contributed by atoms with Gasteiger partial charge in [0.25, 0.3) is 5.91 Å². The van der Waals surface area contributed by atoms with Crippen LogP contribution in [0.5, 0.6) is 0 Å². The molecule has 0 radical (unpaired) electrons. The molecule has 1 saturated heterocycles. The van der Waals surface area contributed by atoms with E-state index in [4.69, 9.17) is 15.9 Å². The van der Waals surface area contributed by atoms with Crippen molar-refractivity contribution >= 4 is 17.3 Å². The summed E-state index contributed by atoms with van der Waals surface area (Å²) in [7, 11) is 0. The summed E-state index contributed by atoms with van der Waals surface area (Å²) >= 11 is 0. The predicted molar refractivity (Wildman–Crippen MR) is 101 cm³/mol. The van der Waals surface area contributed by atoms with Gasteiger partial charge >= 0.3 is 0 Å². The lowest BCUT2D eigenvalue weighted by Gasteiger charge is -2.29. The number of hydrogen-bond donors (Lipinski definition) is 4. The highest BCUT2D eigenvalue weighted by Crippen LogP contribution is 2.23. The Labute approximate surface area is 153 Å². The zero-order valence-electron chi connectivity index (χ0n) is 15.3. The number of nitrogens with two attached hydrogens (primary N) is 1. The fourth-order valence-corrected chi connectivity index (χ4v) is 2.70. The number of allylic oxidation sites excluding steroid dienone is 1. The van der Waals surface area contributed by atoms with Crippen LogP contribution in [0, 0.1) is 5.41 Å². The fourth-order valence-electron chi connectivity index (χ4n) is 2.70. The van der Waals surface area contributed by atoms with Crippen molar-refractivity contribution in [2.75, 3.05) is 18.4 Å². The first-order chi connectivity index (χ1) is 12.4. The van der Waals surface area contributed by atoms with Crippen LogP contribution in [-0.4, -0.2) is 30.8 Å². The van der Waals surface area contributed by atoms with Crippen molar-refractivity contribution in [2.45, 2.75) is 45.3 Å². The summed E-state index contributed by atoms with van der Waals surface area (Å²) in [4.78, 5) is 12.1. The quantitative estimate of drug-likeness (QED) is 0.560. The number of amides is 1. The molecule has 0 aliphatic carbocycles. The Morgan fingerprint density at radius 2 is 2.08 bits per heavy atom. The number of halogens is 1. The second-order valence-corrected chi connectivity index (χ2v) is 6.49. The standard InChI is InChI=1S/C19H27FN4O2/c1-3-4-5-15(21)17(20)18(22)19(25)24-14-8-6-13(7-9-14)16-11-23-10-12(2)26-16/h6-9,12,16,22-23H,3-5,10-11,21H2,1-2H3,(H,24,25)/t12-,16-/m1/s1. The van der Waals surface area contributed by atoms with Gasteiger partial charge in [-0.2, -0.15) is 0 Å². The van der Waals surface area contributed by atoms with Gasteiger partial charge in [0.2, 0.25) is 0 Å². The third-order valence-electron chi connectivity index (χ3n) is 4.23. The molecule has 1 aliphatic heterocycles. The zero-order valence-corrected chi connectivity index (χ0v) is 15.3. The molecule has 5 N–H and O–H groups in total. The molecule has 2 rings (SSSR count). The van der Waals surface area contributed by atoms with Crippen LogP contribution in [0.4, 0.5) is 10.1 Å². The molecular formula is C19H27FN4O2. The van der Waals surface area contributed by atoms with Crippen LogP contribution >= 0.6 is 0 Å². The molecule has 6 nitrogen and oxygen atoms in total. The normalized spacial score (nSPS) is 21.0. The molecular weight excluding hydrogens is 335 g/mol. The van der Waals surface area contributed by atoms with Crippen LogP contribution in [0.1, 0.15) is 44.8 Å². The van der Waals surface area contributed by atoms with Crippen molar-refractivity contribution in [3.8, 4) is 0 Å². The highest BCUT2D eigenvalue weighted by Gasteiger charge is 2.21. The third-order valence-corrected chi connectivity index (χ3v) is 4.23. The maximum absolute atomic E-state index is 14.1. The topological polar surface area (TPSA) is 100 Å². The van der Waals surface area contributed by atoms with Crippen LogP contribution < -0.4 is 16.4 Å². The molecule has 1 aromatic rings. The summed E-state index contributed by atoms with van der Waals surface area (Å²) in [5, 5.41) is 13.5. The SMILES string of the molecule is CCCCC(N)=C(F)C(=N)C(=O)Nc1ccc([C@H]2CNC[C@@H](C)O2)cc1. The van der Waals surface area contributed by atoms with E-state index in [1.165, 1.54) is 0 Å². The molecule has 2 atom stereocenters. The summed E-state index contributed by atoms with van der Waals surface area (Å²) in [6, 6.07) is 7.13. The van der Waals surface area contributed by atoms with Gasteiger partial charge in [-0.3, -0.25) is 10.2 Å². The largest absolute Gasteiger partial charge is 0.400 e.